The number of Topliss-reactive ketones (excluding diaryl/α,β-unsaturated/α-hetero) is 1. The summed E-state index contributed by atoms with van der Waals surface area (Å²) in [5.41, 5.74) is 0. The Morgan fingerprint density at radius 1 is 1.00 bits per heavy atom. The molecule has 0 amide bonds. The van der Waals surface area contributed by atoms with Gasteiger partial charge in [0.1, 0.15) is 5.78 Å². The Balaban J connectivity index is 2.43. The monoisotopic (exact) mass is 198 g/mol. The molecular formula is C11H18O3. The highest BCUT2D eigenvalue weighted by Crippen LogP contribution is 2.26. The van der Waals surface area contributed by atoms with Crippen molar-refractivity contribution in [3.8, 4) is 0 Å². The van der Waals surface area contributed by atoms with Crippen LogP contribution in [0.1, 0.15) is 45.4 Å². The molecule has 3 nitrogen and oxygen atoms in total. The van der Waals surface area contributed by atoms with Crippen LogP contribution < -0.4 is 0 Å². The van der Waals surface area contributed by atoms with Crippen LogP contribution in [0.5, 0.6) is 0 Å². The van der Waals surface area contributed by atoms with E-state index in [1.807, 2.05) is 0 Å². The van der Waals surface area contributed by atoms with E-state index in [1.165, 1.54) is 0 Å². The molecule has 3 heteroatoms. The molecule has 0 aromatic rings. The van der Waals surface area contributed by atoms with Crippen LogP contribution in [0, 0.1) is 11.8 Å². The van der Waals surface area contributed by atoms with Crippen molar-refractivity contribution in [1.29, 1.82) is 0 Å². The molecule has 0 atom stereocenters. The fraction of sp³-hybridized carbons (Fsp3) is 0.818. The molecule has 1 fully saturated rings. The zero-order chi connectivity index (χ0) is 10.6. The van der Waals surface area contributed by atoms with Crippen LogP contribution in [0.15, 0.2) is 0 Å². The van der Waals surface area contributed by atoms with E-state index in [1.54, 1.807) is 6.92 Å². The average Bonchev–Trinajstić information content (AvgIpc) is 2.01. The van der Waals surface area contributed by atoms with E-state index in [2.05, 4.69) is 0 Å². The molecular weight excluding hydrogens is 180 g/mol. The van der Waals surface area contributed by atoms with Crippen molar-refractivity contribution in [1.82, 2.24) is 0 Å². The summed E-state index contributed by atoms with van der Waals surface area (Å²) in [6, 6.07) is 0. The second kappa shape index (κ2) is 5.13. The topological polar surface area (TPSA) is 54.4 Å². The summed E-state index contributed by atoms with van der Waals surface area (Å²) in [6.45, 7) is 1.64. The minimum absolute atomic E-state index is 0.178. The predicted octanol–water partition coefficient (Wildman–Crippen LogP) is 2.25. The molecule has 1 rings (SSSR count). The summed E-state index contributed by atoms with van der Waals surface area (Å²) in [4.78, 5) is 21.9. The summed E-state index contributed by atoms with van der Waals surface area (Å²) in [5, 5.41) is 8.86. The third-order valence-electron chi connectivity index (χ3n) is 3.13. The van der Waals surface area contributed by atoms with E-state index in [4.69, 9.17) is 5.11 Å². The number of carbonyl (C=O) groups excluding carboxylic acids is 1. The largest absolute Gasteiger partial charge is 0.481 e. The fourth-order valence-corrected chi connectivity index (χ4v) is 2.16. The number of hydrogen-bond acceptors (Lipinski definition) is 2. The average molecular weight is 198 g/mol. The second-order valence-electron chi connectivity index (χ2n) is 4.20. The predicted molar refractivity (Wildman–Crippen MR) is 53.0 cm³/mol. The zero-order valence-electron chi connectivity index (χ0n) is 8.66. The molecule has 0 heterocycles. The van der Waals surface area contributed by atoms with Crippen LogP contribution in [-0.2, 0) is 9.59 Å². The lowest BCUT2D eigenvalue weighted by atomic mass is 9.84. The van der Waals surface area contributed by atoms with Gasteiger partial charge in [-0.3, -0.25) is 9.59 Å². The standard InChI is InChI=1S/C11H18O3/c1-8(12)9-4-2-6-10(11(13)14)7-3-5-9/h9-10H,2-7H2,1H3,(H,13,14). The minimum atomic E-state index is -0.675. The lowest BCUT2D eigenvalue weighted by Gasteiger charge is -2.20. The van der Waals surface area contributed by atoms with Gasteiger partial charge in [0.05, 0.1) is 5.92 Å². The van der Waals surface area contributed by atoms with Crippen molar-refractivity contribution in [3.05, 3.63) is 0 Å². The molecule has 80 valence electrons. The van der Waals surface area contributed by atoms with Crippen molar-refractivity contribution in [2.24, 2.45) is 11.8 Å². The summed E-state index contributed by atoms with van der Waals surface area (Å²) in [5.74, 6) is -0.405. The zero-order valence-corrected chi connectivity index (χ0v) is 8.66. The van der Waals surface area contributed by atoms with Gasteiger partial charge in [-0.2, -0.15) is 0 Å². The molecule has 0 spiro atoms. The number of carboxylic acids is 1. The quantitative estimate of drug-likeness (QED) is 0.740. The molecule has 1 N–H and O–H groups in total. The van der Waals surface area contributed by atoms with Crippen LogP contribution in [0.2, 0.25) is 0 Å². The van der Waals surface area contributed by atoms with Gasteiger partial charge in [-0.1, -0.05) is 12.8 Å². The van der Waals surface area contributed by atoms with Gasteiger partial charge in [0, 0.05) is 5.92 Å². The molecule has 14 heavy (non-hydrogen) atoms. The van der Waals surface area contributed by atoms with Gasteiger partial charge in [0.25, 0.3) is 0 Å². The third kappa shape index (κ3) is 3.13. The van der Waals surface area contributed by atoms with Crippen LogP contribution in [-0.4, -0.2) is 16.9 Å². The van der Waals surface area contributed by atoms with E-state index in [-0.39, 0.29) is 17.6 Å². The molecule has 0 aliphatic heterocycles. The van der Waals surface area contributed by atoms with Crippen molar-refractivity contribution >= 4 is 11.8 Å². The Morgan fingerprint density at radius 2 is 1.43 bits per heavy atom. The Kier molecular flexibility index (Phi) is 4.11. The molecule has 0 saturated heterocycles. The van der Waals surface area contributed by atoms with E-state index < -0.39 is 5.97 Å². The maximum Gasteiger partial charge on any atom is 0.306 e. The molecule has 1 saturated carbocycles. The van der Waals surface area contributed by atoms with Gasteiger partial charge in [-0.15, -0.1) is 0 Å². The van der Waals surface area contributed by atoms with E-state index >= 15 is 0 Å². The van der Waals surface area contributed by atoms with Crippen LogP contribution in [0.3, 0.4) is 0 Å². The molecule has 0 aromatic heterocycles. The number of rotatable bonds is 2. The van der Waals surface area contributed by atoms with Crippen molar-refractivity contribution in [2.75, 3.05) is 0 Å². The number of ketones is 1. The number of aliphatic carboxylic acids is 1. The number of carboxylic acid groups (broad SMARTS) is 1. The van der Waals surface area contributed by atoms with Crippen molar-refractivity contribution in [2.45, 2.75) is 45.4 Å². The fourth-order valence-electron chi connectivity index (χ4n) is 2.16. The van der Waals surface area contributed by atoms with Gasteiger partial charge in [-0.05, 0) is 32.6 Å². The summed E-state index contributed by atoms with van der Waals surface area (Å²) < 4.78 is 0. The molecule has 1 aliphatic carbocycles. The van der Waals surface area contributed by atoms with E-state index in [0.717, 1.165) is 38.5 Å². The molecule has 1 aliphatic rings. The highest BCUT2D eigenvalue weighted by molar-refractivity contribution is 5.78. The first kappa shape index (κ1) is 11.2. The number of hydrogen-bond donors (Lipinski definition) is 1. The maximum absolute atomic E-state index is 11.2. The SMILES string of the molecule is CC(=O)C1CCCC(C(=O)O)CCC1. The Hall–Kier alpha value is -0.860. The first-order chi connectivity index (χ1) is 6.61. The molecule has 0 unspecified atom stereocenters. The first-order valence-electron chi connectivity index (χ1n) is 5.34. The van der Waals surface area contributed by atoms with E-state index in [9.17, 15) is 9.59 Å². The maximum atomic E-state index is 11.2. The van der Waals surface area contributed by atoms with Crippen molar-refractivity contribution < 1.29 is 14.7 Å². The molecule has 0 radical (unpaired) electrons. The third-order valence-corrected chi connectivity index (χ3v) is 3.13. The van der Waals surface area contributed by atoms with Crippen LogP contribution in [0.25, 0.3) is 0 Å². The van der Waals surface area contributed by atoms with Gasteiger partial charge in [-0.25, -0.2) is 0 Å². The normalized spacial score (nSPS) is 28.9. The van der Waals surface area contributed by atoms with Crippen molar-refractivity contribution in [3.63, 3.8) is 0 Å². The second-order valence-corrected chi connectivity index (χ2v) is 4.20. The molecule has 0 aromatic carbocycles. The lowest BCUT2D eigenvalue weighted by molar-refractivity contribution is -0.142. The molecule has 0 bridgehead atoms. The lowest BCUT2D eigenvalue weighted by Crippen LogP contribution is -2.19. The van der Waals surface area contributed by atoms with Crippen LogP contribution >= 0.6 is 0 Å². The smallest absolute Gasteiger partial charge is 0.306 e. The summed E-state index contributed by atoms with van der Waals surface area (Å²) >= 11 is 0. The first-order valence-corrected chi connectivity index (χ1v) is 5.34. The van der Waals surface area contributed by atoms with E-state index in [0.29, 0.717) is 0 Å². The Labute approximate surface area is 84.5 Å². The minimum Gasteiger partial charge on any atom is -0.481 e. The van der Waals surface area contributed by atoms with Crippen LogP contribution in [0.4, 0.5) is 0 Å². The van der Waals surface area contributed by atoms with Gasteiger partial charge in [0.2, 0.25) is 0 Å². The summed E-state index contributed by atoms with van der Waals surface area (Å²) in [7, 11) is 0. The highest BCUT2D eigenvalue weighted by Gasteiger charge is 2.23. The highest BCUT2D eigenvalue weighted by atomic mass is 16.4. The van der Waals surface area contributed by atoms with Gasteiger partial charge in [0.15, 0.2) is 0 Å². The number of carbonyl (C=O) groups is 2. The summed E-state index contributed by atoms with van der Waals surface area (Å²) in [6.07, 6.45) is 4.97. The van der Waals surface area contributed by atoms with Gasteiger partial charge >= 0.3 is 5.97 Å². The Bertz CT molecular complexity index is 191. The Morgan fingerprint density at radius 3 is 1.79 bits per heavy atom. The van der Waals surface area contributed by atoms with Gasteiger partial charge < -0.3 is 5.11 Å².